The zero-order valence-corrected chi connectivity index (χ0v) is 13.8. The van der Waals surface area contributed by atoms with E-state index in [9.17, 15) is 18.0 Å². The summed E-state index contributed by atoms with van der Waals surface area (Å²) in [5.41, 5.74) is -0.243. The van der Waals surface area contributed by atoms with E-state index in [4.69, 9.17) is 9.47 Å². The molecule has 26 heavy (non-hydrogen) atoms. The minimum absolute atomic E-state index is 0.113. The smallest absolute Gasteiger partial charge is 0.416 e. The molecule has 1 aromatic carbocycles. The predicted octanol–water partition coefficient (Wildman–Crippen LogP) is 3.40. The van der Waals surface area contributed by atoms with Crippen molar-refractivity contribution in [3.8, 4) is 11.6 Å². The Kier molecular flexibility index (Phi) is 4.88. The minimum Gasteiger partial charge on any atom is -0.497 e. The van der Waals surface area contributed by atoms with E-state index in [1.54, 1.807) is 24.3 Å². The highest BCUT2D eigenvalue weighted by Crippen LogP contribution is 2.31. The first-order valence-corrected chi connectivity index (χ1v) is 7.75. The molecule has 0 aliphatic carbocycles. The van der Waals surface area contributed by atoms with Crippen LogP contribution in [0.1, 0.15) is 5.56 Å². The van der Waals surface area contributed by atoms with E-state index in [0.29, 0.717) is 11.4 Å². The number of amides is 2. The topological polar surface area (TPSA) is 63.7 Å². The molecule has 0 saturated carbocycles. The Morgan fingerprint density at radius 3 is 2.73 bits per heavy atom. The largest absolute Gasteiger partial charge is 0.497 e. The lowest BCUT2D eigenvalue weighted by molar-refractivity contribution is -0.137. The van der Waals surface area contributed by atoms with Gasteiger partial charge in [-0.05, 0) is 18.2 Å². The monoisotopic (exact) mass is 367 g/mol. The van der Waals surface area contributed by atoms with Gasteiger partial charge in [-0.3, -0.25) is 0 Å². The third-order valence-electron chi connectivity index (χ3n) is 3.81. The van der Waals surface area contributed by atoms with Crippen molar-refractivity contribution in [2.75, 3.05) is 25.5 Å². The number of pyridine rings is 1. The molecule has 9 heteroatoms. The molecule has 6 nitrogen and oxygen atoms in total. The molecule has 2 aromatic rings. The fourth-order valence-electron chi connectivity index (χ4n) is 2.40. The van der Waals surface area contributed by atoms with Gasteiger partial charge in [0.15, 0.2) is 0 Å². The highest BCUT2D eigenvalue weighted by Gasteiger charge is 2.34. The van der Waals surface area contributed by atoms with Crippen molar-refractivity contribution in [2.24, 2.45) is 0 Å². The van der Waals surface area contributed by atoms with E-state index in [1.165, 1.54) is 12.0 Å². The van der Waals surface area contributed by atoms with E-state index in [1.807, 2.05) is 0 Å². The lowest BCUT2D eigenvalue weighted by atomic mass is 10.2. The van der Waals surface area contributed by atoms with Gasteiger partial charge in [0, 0.05) is 24.0 Å². The number of nitrogens with one attached hydrogen (secondary N) is 1. The third-order valence-corrected chi connectivity index (χ3v) is 3.81. The quantitative estimate of drug-likeness (QED) is 0.900. The molecular weight excluding hydrogens is 351 g/mol. The first-order valence-electron chi connectivity index (χ1n) is 7.75. The molecular formula is C17H16F3N3O3. The number of rotatable bonds is 4. The summed E-state index contributed by atoms with van der Waals surface area (Å²) in [5.74, 6) is 0.501. The van der Waals surface area contributed by atoms with Crippen LogP contribution in [-0.2, 0) is 6.18 Å². The fraction of sp³-hybridized carbons (Fsp3) is 0.294. The summed E-state index contributed by atoms with van der Waals surface area (Å²) in [5, 5.41) is 2.72. The number of benzene rings is 1. The molecule has 0 radical (unpaired) electrons. The Hall–Kier alpha value is -2.97. The van der Waals surface area contributed by atoms with Gasteiger partial charge in [0.25, 0.3) is 0 Å². The van der Waals surface area contributed by atoms with Crippen LogP contribution in [0.5, 0.6) is 11.6 Å². The highest BCUT2D eigenvalue weighted by molar-refractivity contribution is 5.90. The van der Waals surface area contributed by atoms with Crippen LogP contribution in [0.3, 0.4) is 0 Å². The number of carbonyl (C=O) groups excluding carboxylic acids is 1. The Balaban J connectivity index is 1.52. The van der Waals surface area contributed by atoms with Crippen molar-refractivity contribution in [1.29, 1.82) is 0 Å². The first kappa shape index (κ1) is 17.8. The van der Waals surface area contributed by atoms with Crippen molar-refractivity contribution in [3.05, 3.63) is 48.2 Å². The first-order chi connectivity index (χ1) is 12.3. The van der Waals surface area contributed by atoms with Gasteiger partial charge in [0.2, 0.25) is 5.88 Å². The highest BCUT2D eigenvalue weighted by atomic mass is 19.4. The average molecular weight is 367 g/mol. The molecule has 3 rings (SSSR count). The molecule has 0 atom stereocenters. The van der Waals surface area contributed by atoms with Crippen LogP contribution in [0.15, 0.2) is 42.6 Å². The second-order valence-electron chi connectivity index (χ2n) is 5.69. The number of carbonyl (C=O) groups is 1. The van der Waals surface area contributed by atoms with Gasteiger partial charge >= 0.3 is 12.2 Å². The van der Waals surface area contributed by atoms with Crippen molar-refractivity contribution in [1.82, 2.24) is 9.88 Å². The number of likely N-dealkylation sites (tertiary alicyclic amines) is 1. The molecule has 1 aliphatic rings. The summed E-state index contributed by atoms with van der Waals surface area (Å²) >= 11 is 0. The predicted molar refractivity (Wildman–Crippen MR) is 87.2 cm³/mol. The molecule has 1 saturated heterocycles. The maximum absolute atomic E-state index is 12.7. The van der Waals surface area contributed by atoms with Crippen molar-refractivity contribution < 1.29 is 27.4 Å². The molecule has 1 aliphatic heterocycles. The third kappa shape index (κ3) is 4.16. The normalized spacial score (nSPS) is 14.5. The Bertz CT molecular complexity index is 792. The Morgan fingerprint density at radius 2 is 2.04 bits per heavy atom. The number of halogens is 3. The molecule has 0 bridgehead atoms. The summed E-state index contributed by atoms with van der Waals surface area (Å²) < 4.78 is 48.5. The fourth-order valence-corrected chi connectivity index (χ4v) is 2.40. The average Bonchev–Trinajstić information content (AvgIpc) is 2.57. The van der Waals surface area contributed by atoms with Crippen molar-refractivity contribution >= 4 is 11.7 Å². The van der Waals surface area contributed by atoms with Crippen molar-refractivity contribution in [2.45, 2.75) is 12.3 Å². The Labute approximate surface area is 147 Å². The van der Waals surface area contributed by atoms with Crippen LogP contribution in [0.4, 0.5) is 23.7 Å². The molecule has 0 unspecified atom stereocenters. The molecule has 1 fully saturated rings. The van der Waals surface area contributed by atoms with Gasteiger partial charge in [-0.15, -0.1) is 0 Å². The second-order valence-corrected chi connectivity index (χ2v) is 5.69. The lowest BCUT2D eigenvalue weighted by Crippen LogP contribution is -2.57. The van der Waals surface area contributed by atoms with Gasteiger partial charge < -0.3 is 19.7 Å². The number of urea groups is 1. The number of hydrogen-bond acceptors (Lipinski definition) is 4. The molecule has 2 heterocycles. The number of hydrogen-bond donors (Lipinski definition) is 1. The van der Waals surface area contributed by atoms with E-state index in [2.05, 4.69) is 10.3 Å². The van der Waals surface area contributed by atoms with Crippen LogP contribution in [-0.4, -0.2) is 42.2 Å². The number of anilines is 1. The van der Waals surface area contributed by atoms with Gasteiger partial charge in [0.1, 0.15) is 11.9 Å². The van der Waals surface area contributed by atoms with Gasteiger partial charge in [0.05, 0.1) is 25.8 Å². The van der Waals surface area contributed by atoms with Crippen LogP contribution >= 0.6 is 0 Å². The summed E-state index contributed by atoms with van der Waals surface area (Å²) in [6.45, 7) is 0.515. The van der Waals surface area contributed by atoms with Crippen LogP contribution in [0, 0.1) is 0 Å². The van der Waals surface area contributed by atoms with Gasteiger partial charge in [-0.1, -0.05) is 6.07 Å². The number of methoxy groups -OCH3 is 1. The molecule has 1 N–H and O–H groups in total. The summed E-state index contributed by atoms with van der Waals surface area (Å²) in [7, 11) is 1.53. The number of ether oxygens (including phenoxy) is 2. The Morgan fingerprint density at radius 1 is 1.27 bits per heavy atom. The summed E-state index contributed by atoms with van der Waals surface area (Å²) in [4.78, 5) is 17.4. The lowest BCUT2D eigenvalue weighted by Gasteiger charge is -2.38. The van der Waals surface area contributed by atoms with E-state index in [-0.39, 0.29) is 25.0 Å². The number of alkyl halides is 3. The van der Waals surface area contributed by atoms with Crippen LogP contribution in [0.25, 0.3) is 0 Å². The molecule has 1 aromatic heterocycles. The van der Waals surface area contributed by atoms with E-state index in [0.717, 1.165) is 18.3 Å². The maximum Gasteiger partial charge on any atom is 0.416 e. The molecule has 138 valence electrons. The van der Waals surface area contributed by atoms with Crippen LogP contribution in [0.2, 0.25) is 0 Å². The molecule has 2 amide bonds. The second kappa shape index (κ2) is 7.11. The summed E-state index contributed by atoms with van der Waals surface area (Å²) in [6.07, 6.45) is -3.81. The van der Waals surface area contributed by atoms with Crippen molar-refractivity contribution in [3.63, 3.8) is 0 Å². The van der Waals surface area contributed by atoms with Crippen LogP contribution < -0.4 is 14.8 Å². The van der Waals surface area contributed by atoms with E-state index < -0.39 is 17.8 Å². The zero-order chi connectivity index (χ0) is 18.7. The number of aromatic nitrogens is 1. The SMILES string of the molecule is COc1cccc(NC(=O)N2CC(Oc3cc(C(F)(F)F)ccn3)C2)c1. The number of nitrogens with zero attached hydrogens (tertiary/aromatic N) is 2. The van der Waals surface area contributed by atoms with E-state index >= 15 is 0 Å². The maximum atomic E-state index is 12.7. The summed E-state index contributed by atoms with van der Waals surface area (Å²) in [6, 6.07) is 8.30. The minimum atomic E-state index is -4.46. The van der Waals surface area contributed by atoms with Gasteiger partial charge in [-0.2, -0.15) is 13.2 Å². The standard InChI is InChI=1S/C17H16F3N3O3/c1-25-13-4-2-3-12(8-13)22-16(24)23-9-14(10-23)26-15-7-11(5-6-21-15)17(18,19)20/h2-8,14H,9-10H2,1H3,(H,22,24). The van der Waals surface area contributed by atoms with Gasteiger partial charge in [-0.25, -0.2) is 9.78 Å². The zero-order valence-electron chi connectivity index (χ0n) is 13.8. The molecule has 0 spiro atoms.